The van der Waals surface area contributed by atoms with Crippen LogP contribution >= 0.6 is 0 Å². The fourth-order valence-electron chi connectivity index (χ4n) is 4.44. The van der Waals surface area contributed by atoms with Crippen LogP contribution in [-0.2, 0) is 16.0 Å². The summed E-state index contributed by atoms with van der Waals surface area (Å²) in [5, 5.41) is 4.72. The lowest BCUT2D eigenvalue weighted by atomic mass is 10.1. The van der Waals surface area contributed by atoms with Crippen LogP contribution in [-0.4, -0.2) is 39.8 Å². The lowest BCUT2D eigenvalue weighted by Gasteiger charge is -2.23. The number of hydrogen-bond acceptors (Lipinski definition) is 4. The third kappa shape index (κ3) is 5.24. The van der Waals surface area contributed by atoms with E-state index in [0.29, 0.717) is 42.1 Å². The largest absolute Gasteiger partial charge is 0.494 e. The molecule has 190 valence electrons. The topological polar surface area (TPSA) is 56.6 Å². The molecule has 1 saturated heterocycles. The third-order valence-corrected chi connectivity index (χ3v) is 6.34. The maximum Gasteiger partial charge on any atom is 0.253 e. The zero-order valence-electron chi connectivity index (χ0n) is 20.6. The Bertz CT molecular complexity index is 1370. The zero-order valence-corrected chi connectivity index (χ0v) is 20.6. The highest BCUT2D eigenvalue weighted by Crippen LogP contribution is 2.37. The van der Waals surface area contributed by atoms with Crippen LogP contribution in [0.25, 0.3) is 16.9 Å². The number of halogens is 2. The van der Waals surface area contributed by atoms with Gasteiger partial charge < -0.3 is 14.4 Å². The Morgan fingerprint density at radius 1 is 0.946 bits per heavy atom. The summed E-state index contributed by atoms with van der Waals surface area (Å²) in [5.74, 6) is -0.0268. The zero-order chi connectivity index (χ0) is 25.9. The van der Waals surface area contributed by atoms with Gasteiger partial charge in [-0.05, 0) is 86.5 Å². The Morgan fingerprint density at radius 2 is 1.59 bits per heavy atom. The molecule has 8 heteroatoms. The smallest absolute Gasteiger partial charge is 0.253 e. The van der Waals surface area contributed by atoms with Crippen molar-refractivity contribution in [1.82, 2.24) is 14.7 Å². The second-order valence-electron chi connectivity index (χ2n) is 8.85. The van der Waals surface area contributed by atoms with Gasteiger partial charge in [0.25, 0.3) is 5.91 Å². The first-order valence-electron chi connectivity index (χ1n) is 12.2. The van der Waals surface area contributed by atoms with Crippen molar-refractivity contribution < 1.29 is 23.0 Å². The first-order chi connectivity index (χ1) is 17.9. The predicted octanol–water partition coefficient (Wildman–Crippen LogP) is 5.70. The molecule has 2 heterocycles. The van der Waals surface area contributed by atoms with Crippen molar-refractivity contribution >= 4 is 5.91 Å². The van der Waals surface area contributed by atoms with E-state index < -0.39 is 12.3 Å². The van der Waals surface area contributed by atoms with Crippen molar-refractivity contribution in [2.75, 3.05) is 13.2 Å². The van der Waals surface area contributed by atoms with Crippen LogP contribution in [0.2, 0.25) is 0 Å². The quantitative estimate of drug-likeness (QED) is 0.309. The van der Waals surface area contributed by atoms with Crippen molar-refractivity contribution in [1.29, 1.82) is 0 Å². The Morgan fingerprint density at radius 3 is 2.24 bits per heavy atom. The van der Waals surface area contributed by atoms with Gasteiger partial charge in [-0.15, -0.1) is 0 Å². The van der Waals surface area contributed by atoms with Gasteiger partial charge in [0, 0.05) is 23.9 Å². The first kappa shape index (κ1) is 24.6. The molecule has 6 nitrogen and oxygen atoms in total. The summed E-state index contributed by atoms with van der Waals surface area (Å²) in [4.78, 5) is 14.8. The van der Waals surface area contributed by atoms with Crippen LogP contribution in [0.3, 0.4) is 0 Å². The van der Waals surface area contributed by atoms with E-state index in [2.05, 4.69) is 0 Å². The molecule has 5 rings (SSSR count). The number of nitrogens with zero attached hydrogens (tertiary/aromatic N) is 3. The highest BCUT2D eigenvalue weighted by molar-refractivity contribution is 5.83. The van der Waals surface area contributed by atoms with Gasteiger partial charge >= 0.3 is 0 Å². The van der Waals surface area contributed by atoms with Crippen molar-refractivity contribution in [2.24, 2.45) is 0 Å². The molecule has 1 aliphatic heterocycles. The molecule has 3 aromatic carbocycles. The molecular weight excluding hydrogens is 476 g/mol. The molecule has 1 fully saturated rings. The number of rotatable bonds is 8. The van der Waals surface area contributed by atoms with E-state index in [1.54, 1.807) is 47.0 Å². The SMILES string of the molecule is CCOc1ccc(CCN2C(=O)[C@@H](C)O[C@@H]2c2cn(-c3ccc(F)cc3)nc2-c2ccc(F)cc2)cc1. The standard InChI is InChI=1S/C29H27F2N3O3/c1-3-36-25-14-4-20(5-15-25)16-17-33-28(35)19(2)37-29(33)26-18-34(24-12-10-23(31)11-13-24)32-27(26)21-6-8-22(30)9-7-21/h4-15,18-19,29H,3,16-17H2,1-2H3/t19-,29-/m1/s1. The molecule has 1 amide bonds. The molecule has 0 bridgehead atoms. The minimum atomic E-state index is -0.681. The molecule has 37 heavy (non-hydrogen) atoms. The van der Waals surface area contributed by atoms with Crippen LogP contribution in [0.4, 0.5) is 8.78 Å². The van der Waals surface area contributed by atoms with Crippen molar-refractivity contribution in [2.45, 2.75) is 32.6 Å². The van der Waals surface area contributed by atoms with Gasteiger partial charge in [-0.3, -0.25) is 4.79 Å². The van der Waals surface area contributed by atoms with Gasteiger partial charge in [-0.25, -0.2) is 13.5 Å². The van der Waals surface area contributed by atoms with Gasteiger partial charge in [0.05, 0.1) is 12.3 Å². The number of hydrogen-bond donors (Lipinski definition) is 0. The second kappa shape index (κ2) is 10.5. The fourth-order valence-corrected chi connectivity index (χ4v) is 4.44. The van der Waals surface area contributed by atoms with Crippen molar-refractivity contribution in [3.8, 4) is 22.7 Å². The summed E-state index contributed by atoms with van der Waals surface area (Å²) in [6.45, 7) is 4.70. The molecular formula is C29H27F2N3O3. The molecule has 1 aromatic heterocycles. The third-order valence-electron chi connectivity index (χ3n) is 6.34. The average molecular weight is 504 g/mol. The molecule has 4 aromatic rings. The lowest BCUT2D eigenvalue weighted by Crippen LogP contribution is -2.32. The van der Waals surface area contributed by atoms with E-state index in [1.807, 2.05) is 31.2 Å². The molecule has 0 aliphatic carbocycles. The van der Waals surface area contributed by atoms with E-state index in [1.165, 1.54) is 24.3 Å². The highest BCUT2D eigenvalue weighted by Gasteiger charge is 2.40. The second-order valence-corrected chi connectivity index (χ2v) is 8.85. The van der Waals surface area contributed by atoms with E-state index in [4.69, 9.17) is 14.6 Å². The van der Waals surface area contributed by atoms with Crippen molar-refractivity contribution in [3.63, 3.8) is 0 Å². The molecule has 0 saturated carbocycles. The predicted molar refractivity (Wildman–Crippen MR) is 135 cm³/mol. The molecule has 0 N–H and O–H groups in total. The minimum Gasteiger partial charge on any atom is -0.494 e. The van der Waals surface area contributed by atoms with Crippen LogP contribution in [0, 0.1) is 11.6 Å². The molecule has 2 atom stereocenters. The van der Waals surface area contributed by atoms with E-state index in [9.17, 15) is 13.6 Å². The molecule has 0 unspecified atom stereocenters. The maximum absolute atomic E-state index is 13.7. The van der Waals surface area contributed by atoms with Gasteiger partial charge in [-0.1, -0.05) is 12.1 Å². The fraction of sp³-hybridized carbons (Fsp3) is 0.241. The van der Waals surface area contributed by atoms with Crippen LogP contribution in [0.15, 0.2) is 79.0 Å². The average Bonchev–Trinajstić information content (AvgIpc) is 3.46. The van der Waals surface area contributed by atoms with Crippen LogP contribution in [0.1, 0.15) is 31.2 Å². The Kier molecular flexibility index (Phi) is 7.01. The number of aromatic nitrogens is 2. The van der Waals surface area contributed by atoms with E-state index in [-0.39, 0.29) is 17.5 Å². The van der Waals surface area contributed by atoms with Gasteiger partial charge in [0.2, 0.25) is 0 Å². The molecule has 0 spiro atoms. The van der Waals surface area contributed by atoms with Gasteiger partial charge in [0.1, 0.15) is 29.2 Å². The van der Waals surface area contributed by atoms with E-state index >= 15 is 0 Å². The van der Waals surface area contributed by atoms with Crippen molar-refractivity contribution in [3.05, 3.63) is 102 Å². The number of benzene rings is 3. The Balaban J connectivity index is 1.48. The summed E-state index contributed by atoms with van der Waals surface area (Å²) in [7, 11) is 0. The molecule has 0 radical (unpaired) electrons. The highest BCUT2D eigenvalue weighted by atomic mass is 19.1. The molecule has 1 aliphatic rings. The Labute approximate surface area is 214 Å². The summed E-state index contributed by atoms with van der Waals surface area (Å²) >= 11 is 0. The summed E-state index contributed by atoms with van der Waals surface area (Å²) in [6, 6.07) is 19.8. The first-order valence-corrected chi connectivity index (χ1v) is 12.2. The number of ether oxygens (including phenoxy) is 2. The summed E-state index contributed by atoms with van der Waals surface area (Å²) < 4.78 is 40.5. The van der Waals surface area contributed by atoms with Gasteiger partial charge in [0.15, 0.2) is 6.23 Å². The lowest BCUT2D eigenvalue weighted by molar-refractivity contribution is -0.130. The van der Waals surface area contributed by atoms with E-state index in [0.717, 1.165) is 11.3 Å². The van der Waals surface area contributed by atoms with Crippen LogP contribution < -0.4 is 4.74 Å². The normalized spacial score (nSPS) is 17.4. The maximum atomic E-state index is 13.7. The Hall–Kier alpha value is -4.04. The minimum absolute atomic E-state index is 0.115. The number of carbonyl (C=O) groups excluding carboxylic acids is 1. The number of amides is 1. The monoisotopic (exact) mass is 503 g/mol. The van der Waals surface area contributed by atoms with Gasteiger partial charge in [-0.2, -0.15) is 5.10 Å². The summed E-state index contributed by atoms with van der Waals surface area (Å²) in [6.07, 6.45) is 1.11. The van der Waals surface area contributed by atoms with Crippen LogP contribution in [0.5, 0.6) is 5.75 Å². The number of carbonyl (C=O) groups is 1. The summed E-state index contributed by atoms with van der Waals surface area (Å²) in [5.41, 5.74) is 3.62.